The maximum absolute atomic E-state index is 6.12. The lowest BCUT2D eigenvalue weighted by Crippen LogP contribution is -2.54. The van der Waals surface area contributed by atoms with Gasteiger partial charge in [0.25, 0.3) is 0 Å². The first kappa shape index (κ1) is 7.66. The molecule has 0 radical (unpaired) electrons. The highest BCUT2D eigenvalue weighted by atomic mass is 16.6. The number of ether oxygens (including phenoxy) is 2. The minimum Gasteiger partial charge on any atom is -0.377 e. The van der Waals surface area contributed by atoms with Crippen LogP contribution in [0.5, 0.6) is 0 Å². The molecule has 0 saturated carbocycles. The fraction of sp³-hybridized carbons (Fsp3) is 0.667. The molecule has 2 bridgehead atoms. The van der Waals surface area contributed by atoms with Crippen LogP contribution in [-0.2, 0) is 9.47 Å². The van der Waals surface area contributed by atoms with Gasteiger partial charge in [-0.2, -0.15) is 0 Å². The SMILES string of the molecule is CC1=C(C)C23COC[C@@]24C=CC(O4)[C@@H]13. The van der Waals surface area contributed by atoms with Crippen molar-refractivity contribution in [1.29, 1.82) is 0 Å². The molecule has 4 rings (SSSR count). The molecule has 3 heterocycles. The van der Waals surface area contributed by atoms with Crippen LogP contribution in [0.1, 0.15) is 13.8 Å². The summed E-state index contributed by atoms with van der Waals surface area (Å²) in [6.45, 7) is 6.11. The Hall–Kier alpha value is -0.600. The van der Waals surface area contributed by atoms with Gasteiger partial charge in [-0.15, -0.1) is 0 Å². The average Bonchev–Trinajstić information content (AvgIpc) is 2.80. The molecule has 14 heavy (non-hydrogen) atoms. The van der Waals surface area contributed by atoms with Gasteiger partial charge in [-0.1, -0.05) is 23.3 Å². The third kappa shape index (κ3) is 0.467. The lowest BCUT2D eigenvalue weighted by Gasteiger charge is -2.50. The molecule has 1 aliphatic carbocycles. The number of hydrogen-bond acceptors (Lipinski definition) is 2. The predicted octanol–water partition coefficient (Wildman–Crippen LogP) is 1.68. The highest BCUT2D eigenvalue weighted by Crippen LogP contribution is 2.70. The molecule has 4 atom stereocenters. The quantitative estimate of drug-likeness (QED) is 0.541. The zero-order chi connectivity index (χ0) is 9.55. The Morgan fingerprint density at radius 1 is 1.36 bits per heavy atom. The van der Waals surface area contributed by atoms with Crippen molar-refractivity contribution < 1.29 is 9.47 Å². The van der Waals surface area contributed by atoms with Crippen molar-refractivity contribution in [2.24, 2.45) is 11.3 Å². The van der Waals surface area contributed by atoms with Crippen LogP contribution in [0.15, 0.2) is 23.3 Å². The summed E-state index contributed by atoms with van der Waals surface area (Å²) in [5.74, 6) is 0.606. The topological polar surface area (TPSA) is 18.5 Å². The zero-order valence-electron chi connectivity index (χ0n) is 8.54. The highest BCUT2D eigenvalue weighted by Gasteiger charge is 2.74. The second-order valence-corrected chi connectivity index (χ2v) is 5.08. The molecular formula is C12H14O2. The zero-order valence-corrected chi connectivity index (χ0v) is 8.54. The molecule has 2 saturated heterocycles. The Morgan fingerprint density at radius 2 is 2.21 bits per heavy atom. The summed E-state index contributed by atoms with van der Waals surface area (Å²) >= 11 is 0. The summed E-state index contributed by atoms with van der Waals surface area (Å²) in [6.07, 6.45) is 4.81. The molecule has 2 nitrogen and oxygen atoms in total. The molecule has 2 heteroatoms. The minimum atomic E-state index is -0.0913. The van der Waals surface area contributed by atoms with E-state index in [1.807, 2.05) is 0 Å². The van der Waals surface area contributed by atoms with E-state index in [9.17, 15) is 0 Å². The van der Waals surface area contributed by atoms with Crippen molar-refractivity contribution in [3.05, 3.63) is 23.3 Å². The first-order valence-electron chi connectivity index (χ1n) is 5.34. The van der Waals surface area contributed by atoms with Gasteiger partial charge in [0.15, 0.2) is 0 Å². The van der Waals surface area contributed by atoms with Crippen molar-refractivity contribution in [2.75, 3.05) is 13.2 Å². The summed E-state index contributed by atoms with van der Waals surface area (Å²) in [4.78, 5) is 0. The molecule has 2 fully saturated rings. The Morgan fingerprint density at radius 3 is 3.07 bits per heavy atom. The van der Waals surface area contributed by atoms with Crippen LogP contribution in [0.4, 0.5) is 0 Å². The van der Waals surface area contributed by atoms with Gasteiger partial charge in [0, 0.05) is 5.92 Å². The van der Waals surface area contributed by atoms with Crippen LogP contribution >= 0.6 is 0 Å². The van der Waals surface area contributed by atoms with E-state index in [4.69, 9.17) is 9.47 Å². The summed E-state index contributed by atoms with van der Waals surface area (Å²) in [5.41, 5.74) is 3.18. The Balaban J connectivity index is 2.00. The molecule has 0 N–H and O–H groups in total. The van der Waals surface area contributed by atoms with Gasteiger partial charge in [-0.05, 0) is 13.8 Å². The van der Waals surface area contributed by atoms with Gasteiger partial charge < -0.3 is 9.47 Å². The summed E-state index contributed by atoms with van der Waals surface area (Å²) in [6, 6.07) is 0. The number of hydrogen-bond donors (Lipinski definition) is 0. The highest BCUT2D eigenvalue weighted by molar-refractivity contribution is 5.51. The van der Waals surface area contributed by atoms with Crippen LogP contribution in [-0.4, -0.2) is 24.9 Å². The van der Waals surface area contributed by atoms with E-state index in [0.29, 0.717) is 12.0 Å². The Bertz CT molecular complexity index is 395. The molecule has 0 aromatic rings. The summed E-state index contributed by atoms with van der Waals surface area (Å²) in [7, 11) is 0. The predicted molar refractivity (Wildman–Crippen MR) is 51.9 cm³/mol. The second-order valence-electron chi connectivity index (χ2n) is 5.08. The van der Waals surface area contributed by atoms with Crippen molar-refractivity contribution in [3.8, 4) is 0 Å². The maximum Gasteiger partial charge on any atom is 0.123 e. The molecule has 74 valence electrons. The molecule has 2 spiro atoms. The molecule has 0 aromatic carbocycles. The Kier molecular flexibility index (Phi) is 1.02. The number of fused-ring (bicyclic) bond motifs is 2. The lowest BCUT2D eigenvalue weighted by molar-refractivity contribution is -0.00148. The van der Waals surface area contributed by atoms with Crippen LogP contribution in [0.3, 0.4) is 0 Å². The normalized spacial score (nSPS) is 57.6. The second kappa shape index (κ2) is 1.86. The van der Waals surface area contributed by atoms with E-state index in [-0.39, 0.29) is 11.0 Å². The first-order valence-corrected chi connectivity index (χ1v) is 5.34. The van der Waals surface area contributed by atoms with E-state index in [0.717, 1.165) is 13.2 Å². The van der Waals surface area contributed by atoms with E-state index in [1.165, 1.54) is 11.1 Å². The maximum atomic E-state index is 6.12. The number of rotatable bonds is 0. The minimum absolute atomic E-state index is 0.0913. The summed E-state index contributed by atoms with van der Waals surface area (Å²) in [5, 5.41) is 0. The third-order valence-corrected chi connectivity index (χ3v) is 4.89. The molecular weight excluding hydrogens is 176 g/mol. The van der Waals surface area contributed by atoms with Gasteiger partial charge in [0.2, 0.25) is 0 Å². The fourth-order valence-electron chi connectivity index (χ4n) is 4.12. The van der Waals surface area contributed by atoms with E-state index in [1.54, 1.807) is 0 Å². The molecule has 0 aromatic heterocycles. The van der Waals surface area contributed by atoms with Crippen LogP contribution < -0.4 is 0 Å². The van der Waals surface area contributed by atoms with Crippen LogP contribution in [0.2, 0.25) is 0 Å². The van der Waals surface area contributed by atoms with Gasteiger partial charge in [-0.25, -0.2) is 0 Å². The van der Waals surface area contributed by atoms with E-state index in [2.05, 4.69) is 26.0 Å². The molecule has 4 aliphatic rings. The van der Waals surface area contributed by atoms with E-state index < -0.39 is 0 Å². The Labute approximate surface area is 83.6 Å². The monoisotopic (exact) mass is 190 g/mol. The van der Waals surface area contributed by atoms with E-state index >= 15 is 0 Å². The molecule has 3 aliphatic heterocycles. The van der Waals surface area contributed by atoms with Gasteiger partial charge >= 0.3 is 0 Å². The molecule has 0 amide bonds. The van der Waals surface area contributed by atoms with Crippen molar-refractivity contribution >= 4 is 0 Å². The fourth-order valence-corrected chi connectivity index (χ4v) is 4.12. The average molecular weight is 190 g/mol. The van der Waals surface area contributed by atoms with Crippen LogP contribution in [0.25, 0.3) is 0 Å². The lowest BCUT2D eigenvalue weighted by atomic mass is 9.50. The van der Waals surface area contributed by atoms with Gasteiger partial charge in [-0.3, -0.25) is 0 Å². The molecule has 2 unspecified atom stereocenters. The van der Waals surface area contributed by atoms with Gasteiger partial charge in [0.1, 0.15) is 5.60 Å². The standard InChI is InChI=1S/C12H14O2/c1-7-8(2)12-6-13-5-11(12)4-3-9(14-11)10(7)12/h3-4,9-10H,5-6H2,1-2H3/t9?,10-,11+,12?/m1/s1. The van der Waals surface area contributed by atoms with Gasteiger partial charge in [0.05, 0.1) is 24.7 Å². The third-order valence-electron chi connectivity index (χ3n) is 4.89. The van der Waals surface area contributed by atoms with Crippen molar-refractivity contribution in [1.82, 2.24) is 0 Å². The summed E-state index contributed by atoms with van der Waals surface area (Å²) < 4.78 is 11.8. The van der Waals surface area contributed by atoms with Crippen molar-refractivity contribution in [3.63, 3.8) is 0 Å². The largest absolute Gasteiger partial charge is 0.377 e. The smallest absolute Gasteiger partial charge is 0.123 e. The van der Waals surface area contributed by atoms with Crippen molar-refractivity contribution in [2.45, 2.75) is 25.6 Å². The first-order chi connectivity index (χ1) is 6.71. The van der Waals surface area contributed by atoms with Crippen LogP contribution in [0, 0.1) is 11.3 Å².